The van der Waals surface area contributed by atoms with Gasteiger partial charge in [-0.1, -0.05) is 0 Å². The Bertz CT molecular complexity index is 858. The molecule has 14 heteroatoms. The molecule has 1 aromatic carbocycles. The zero-order valence-electron chi connectivity index (χ0n) is 10.7. The largest absolute Gasteiger partial charge is 0.398 e. The van der Waals surface area contributed by atoms with E-state index in [4.69, 9.17) is 14.8 Å². The second-order valence-electron chi connectivity index (χ2n) is 3.90. The van der Waals surface area contributed by atoms with E-state index in [1.165, 1.54) is 0 Å². The molecular formula is C8H12N2O9S3. The molecule has 0 saturated carbocycles. The summed E-state index contributed by atoms with van der Waals surface area (Å²) in [5, 5.41) is 0. The van der Waals surface area contributed by atoms with Crippen molar-refractivity contribution in [2.75, 3.05) is 22.8 Å². The molecule has 0 fully saturated rings. The second-order valence-corrected chi connectivity index (χ2v) is 8.22. The van der Waals surface area contributed by atoms with Gasteiger partial charge < -0.3 is 5.73 Å². The highest BCUT2D eigenvalue weighted by Crippen LogP contribution is 2.22. The molecule has 0 unspecified atom stereocenters. The lowest BCUT2D eigenvalue weighted by atomic mass is 10.3. The first-order chi connectivity index (χ1) is 9.80. The molecule has 11 nitrogen and oxygen atoms in total. The van der Waals surface area contributed by atoms with Crippen LogP contribution in [0.15, 0.2) is 23.1 Å². The monoisotopic (exact) mass is 376 g/mol. The van der Waals surface area contributed by atoms with Gasteiger partial charge in [0.1, 0.15) is 4.90 Å². The van der Waals surface area contributed by atoms with Gasteiger partial charge in [-0.3, -0.25) is 13.8 Å². The molecule has 0 aromatic heterocycles. The summed E-state index contributed by atoms with van der Waals surface area (Å²) in [7, 11) is -13.3. The first-order valence-corrected chi connectivity index (χ1v) is 9.75. The molecule has 0 aliphatic carbocycles. The Morgan fingerprint density at radius 1 is 1.09 bits per heavy atom. The number of rotatable bonds is 7. The van der Waals surface area contributed by atoms with Crippen LogP contribution in [0.1, 0.15) is 0 Å². The maximum atomic E-state index is 11.6. The molecule has 5 N–H and O–H groups in total. The van der Waals surface area contributed by atoms with Gasteiger partial charge in [-0.05, 0) is 18.2 Å². The third-order valence-electron chi connectivity index (χ3n) is 2.15. The number of anilines is 2. The van der Waals surface area contributed by atoms with Crippen LogP contribution in [0.5, 0.6) is 0 Å². The van der Waals surface area contributed by atoms with Crippen molar-refractivity contribution in [1.82, 2.24) is 0 Å². The van der Waals surface area contributed by atoms with Crippen LogP contribution < -0.4 is 10.5 Å². The van der Waals surface area contributed by atoms with Gasteiger partial charge in [-0.15, -0.1) is 0 Å². The fourth-order valence-corrected chi connectivity index (χ4v) is 3.21. The average Bonchev–Trinajstić information content (AvgIpc) is 2.23. The quantitative estimate of drug-likeness (QED) is 0.342. The van der Waals surface area contributed by atoms with E-state index in [1.807, 2.05) is 4.72 Å². The average molecular weight is 376 g/mol. The zero-order valence-corrected chi connectivity index (χ0v) is 13.2. The van der Waals surface area contributed by atoms with Gasteiger partial charge in [0, 0.05) is 0 Å². The maximum absolute atomic E-state index is 11.6. The Balaban J connectivity index is 2.84. The van der Waals surface area contributed by atoms with Crippen molar-refractivity contribution in [2.24, 2.45) is 0 Å². The predicted octanol–water partition coefficient (Wildman–Crippen LogP) is -0.923. The molecule has 0 amide bonds. The number of benzene rings is 1. The van der Waals surface area contributed by atoms with Crippen LogP contribution in [-0.2, 0) is 34.7 Å². The molecule has 0 heterocycles. The second kappa shape index (κ2) is 6.35. The van der Waals surface area contributed by atoms with Gasteiger partial charge in [0.15, 0.2) is 0 Å². The summed E-state index contributed by atoms with van der Waals surface area (Å²) >= 11 is 0. The molecule has 126 valence electrons. The van der Waals surface area contributed by atoms with Crippen molar-refractivity contribution < 1.29 is 38.5 Å². The van der Waals surface area contributed by atoms with Crippen LogP contribution in [0.2, 0.25) is 0 Å². The topological polar surface area (TPSA) is 190 Å². The third-order valence-corrected chi connectivity index (χ3v) is 4.79. The van der Waals surface area contributed by atoms with Crippen LogP contribution in [0.3, 0.4) is 0 Å². The van der Waals surface area contributed by atoms with Crippen LogP contribution in [0.25, 0.3) is 0 Å². The highest BCUT2D eigenvalue weighted by atomic mass is 32.3. The molecule has 0 aliphatic rings. The number of nitrogens with two attached hydrogens (primary N) is 1. The van der Waals surface area contributed by atoms with Gasteiger partial charge in [-0.2, -0.15) is 16.8 Å². The normalized spacial score (nSPS) is 13.0. The number of nitrogen functional groups attached to an aromatic ring is 1. The Morgan fingerprint density at radius 2 is 1.68 bits per heavy atom. The van der Waals surface area contributed by atoms with Crippen molar-refractivity contribution in [2.45, 2.75) is 4.90 Å². The van der Waals surface area contributed by atoms with Crippen molar-refractivity contribution in [1.29, 1.82) is 0 Å². The molecule has 0 saturated heterocycles. The van der Waals surface area contributed by atoms with E-state index in [-0.39, 0.29) is 5.69 Å². The van der Waals surface area contributed by atoms with E-state index < -0.39 is 53.5 Å². The Morgan fingerprint density at radius 3 is 2.14 bits per heavy atom. The maximum Gasteiger partial charge on any atom is 0.397 e. The van der Waals surface area contributed by atoms with E-state index in [1.54, 1.807) is 0 Å². The zero-order chi connectivity index (χ0) is 17.2. The van der Waals surface area contributed by atoms with E-state index in [9.17, 15) is 25.3 Å². The SMILES string of the molecule is Nc1cc(NS(=O)(=O)CCOS(=O)(=O)O)ccc1S(=O)(=O)O. The molecule has 0 aliphatic heterocycles. The van der Waals surface area contributed by atoms with Crippen LogP contribution in [0.4, 0.5) is 11.4 Å². The van der Waals surface area contributed by atoms with Gasteiger partial charge in [0.05, 0.1) is 23.7 Å². The summed E-state index contributed by atoms with van der Waals surface area (Å²) in [4.78, 5) is -0.592. The Labute approximate surface area is 126 Å². The van der Waals surface area contributed by atoms with Gasteiger partial charge >= 0.3 is 10.4 Å². The molecule has 0 bridgehead atoms. The van der Waals surface area contributed by atoms with E-state index in [0.717, 1.165) is 18.2 Å². The van der Waals surface area contributed by atoms with Gasteiger partial charge in [-0.25, -0.2) is 12.6 Å². The number of hydrogen-bond donors (Lipinski definition) is 4. The molecule has 1 aromatic rings. The summed E-state index contributed by atoms with van der Waals surface area (Å²) in [5.41, 5.74) is 4.87. The van der Waals surface area contributed by atoms with Gasteiger partial charge in [0.2, 0.25) is 10.0 Å². The first kappa shape index (κ1) is 18.6. The Hall–Kier alpha value is -1.45. The van der Waals surface area contributed by atoms with Crippen LogP contribution >= 0.6 is 0 Å². The first-order valence-electron chi connectivity index (χ1n) is 5.29. The fraction of sp³-hybridized carbons (Fsp3) is 0.250. The molecule has 1 rings (SSSR count). The molecule has 0 spiro atoms. The lowest BCUT2D eigenvalue weighted by molar-refractivity contribution is 0.284. The number of nitrogens with one attached hydrogen (secondary N) is 1. The minimum atomic E-state index is -4.75. The molecule has 0 radical (unpaired) electrons. The summed E-state index contributed by atoms with van der Waals surface area (Å²) in [5.74, 6) is -0.799. The van der Waals surface area contributed by atoms with E-state index in [2.05, 4.69) is 4.18 Å². The van der Waals surface area contributed by atoms with Crippen molar-refractivity contribution >= 4 is 41.9 Å². The predicted molar refractivity (Wildman–Crippen MR) is 75.6 cm³/mol. The Kier molecular flexibility index (Phi) is 5.37. The highest BCUT2D eigenvalue weighted by molar-refractivity contribution is 7.92. The lowest BCUT2D eigenvalue weighted by Gasteiger charge is -2.09. The summed E-state index contributed by atoms with van der Waals surface area (Å²) in [6.45, 7) is -0.827. The highest BCUT2D eigenvalue weighted by Gasteiger charge is 2.17. The standard InChI is InChI=1S/C8H12N2O9S3/c9-7-5-6(1-2-8(7)21(13,14)15)10-20(11,12)4-3-19-22(16,17)18/h1-2,5,10H,3-4,9H2,(H,13,14,15)(H,16,17,18). The van der Waals surface area contributed by atoms with Crippen molar-refractivity contribution in [3.8, 4) is 0 Å². The molecule has 22 heavy (non-hydrogen) atoms. The number of hydrogen-bond acceptors (Lipinski definition) is 8. The summed E-state index contributed by atoms with van der Waals surface area (Å²) < 4.78 is 88.6. The molecular weight excluding hydrogens is 364 g/mol. The minimum absolute atomic E-state index is 0.114. The third kappa shape index (κ3) is 6.12. The molecule has 0 atom stereocenters. The lowest BCUT2D eigenvalue weighted by Crippen LogP contribution is -2.21. The van der Waals surface area contributed by atoms with Crippen LogP contribution in [-0.4, -0.2) is 46.7 Å². The van der Waals surface area contributed by atoms with E-state index in [0.29, 0.717) is 0 Å². The van der Waals surface area contributed by atoms with Crippen molar-refractivity contribution in [3.63, 3.8) is 0 Å². The van der Waals surface area contributed by atoms with Crippen LogP contribution in [0, 0.1) is 0 Å². The van der Waals surface area contributed by atoms with E-state index >= 15 is 0 Å². The van der Waals surface area contributed by atoms with Gasteiger partial charge in [0.25, 0.3) is 10.1 Å². The summed E-state index contributed by atoms with van der Waals surface area (Å²) in [6, 6.07) is 2.86. The van der Waals surface area contributed by atoms with Crippen molar-refractivity contribution in [3.05, 3.63) is 18.2 Å². The smallest absolute Gasteiger partial charge is 0.397 e. The fourth-order valence-electron chi connectivity index (χ4n) is 1.33. The number of sulfonamides is 1. The summed E-state index contributed by atoms with van der Waals surface area (Å²) in [6.07, 6.45) is 0. The minimum Gasteiger partial charge on any atom is -0.398 e.